The van der Waals surface area contributed by atoms with E-state index in [1.165, 1.54) is 75.4 Å². The van der Waals surface area contributed by atoms with E-state index in [4.69, 9.17) is 4.74 Å². The highest BCUT2D eigenvalue weighted by molar-refractivity contribution is 6.98. The van der Waals surface area contributed by atoms with Crippen molar-refractivity contribution in [1.29, 1.82) is 0 Å². The van der Waals surface area contributed by atoms with Gasteiger partial charge < -0.3 is 9.64 Å². The predicted octanol–water partition coefficient (Wildman–Crippen LogP) is 13.7. The van der Waals surface area contributed by atoms with Crippen LogP contribution in [0, 0.1) is 0 Å². The van der Waals surface area contributed by atoms with Crippen LogP contribution in [-0.2, 0) is 0 Å². The quantitative estimate of drug-likeness (QED) is 0.106. The summed E-state index contributed by atoms with van der Waals surface area (Å²) >= 11 is 0. The Labute approximate surface area is 377 Å². The summed E-state index contributed by atoms with van der Waals surface area (Å²) in [5, 5.41) is 13.8. The van der Waals surface area contributed by atoms with Crippen molar-refractivity contribution in [2.45, 2.75) is 19.6 Å². The Hall–Kier alpha value is -7.40. The Morgan fingerprint density at radius 1 is 0.375 bits per heavy atom. The van der Waals surface area contributed by atoms with Gasteiger partial charge in [0.25, 0.3) is 0 Å². The van der Waals surface area contributed by atoms with E-state index in [-0.39, 0.29) is 6.71 Å². The fourth-order valence-corrected chi connectivity index (χ4v) is 11.2. The number of benzene rings is 11. The molecule has 0 aliphatic carbocycles. The lowest BCUT2D eigenvalue weighted by atomic mass is 9.35. The van der Waals surface area contributed by atoms with E-state index in [0.29, 0.717) is 0 Å². The SMILES string of the molecule is COc1cc(N(c2ccc([Si](C)(C)C)cc2)c2ccc3ccccc3c2)ccc1-c1cc2c3ccccc3c(B(c3ccccc3)c3cccc4ccccc34)cc2c2ccccc12. The van der Waals surface area contributed by atoms with Crippen molar-refractivity contribution >= 4 is 107 Å². The number of hydrogen-bond donors (Lipinski definition) is 0. The Kier molecular flexibility index (Phi) is 9.90. The van der Waals surface area contributed by atoms with Gasteiger partial charge >= 0.3 is 0 Å². The molecule has 0 radical (unpaired) electrons. The molecule has 0 aliphatic heterocycles. The molecular weight excluding hydrogens is 790 g/mol. The Bertz CT molecular complexity index is 3540. The second-order valence-electron chi connectivity index (χ2n) is 18.0. The maximum atomic E-state index is 6.41. The van der Waals surface area contributed by atoms with E-state index in [2.05, 4.69) is 243 Å². The Morgan fingerprint density at radius 3 is 1.67 bits per heavy atom. The first kappa shape index (κ1) is 39.4. The second-order valence-corrected chi connectivity index (χ2v) is 23.1. The summed E-state index contributed by atoms with van der Waals surface area (Å²) in [7, 11) is 0.305. The average Bonchev–Trinajstić information content (AvgIpc) is 3.34. The molecule has 11 rings (SSSR count). The summed E-state index contributed by atoms with van der Waals surface area (Å²) in [5.41, 5.74) is 9.35. The van der Waals surface area contributed by atoms with Crippen LogP contribution in [0.4, 0.5) is 17.1 Å². The molecular formula is C60H48BNOSi. The smallest absolute Gasteiger partial charge is 0.242 e. The van der Waals surface area contributed by atoms with Gasteiger partial charge in [-0.2, -0.15) is 0 Å². The van der Waals surface area contributed by atoms with Gasteiger partial charge in [-0.25, -0.2) is 0 Å². The monoisotopic (exact) mass is 837 g/mol. The van der Waals surface area contributed by atoms with Crippen LogP contribution in [0.25, 0.3) is 65.0 Å². The molecule has 4 heteroatoms. The molecule has 64 heavy (non-hydrogen) atoms. The molecule has 0 saturated carbocycles. The summed E-state index contributed by atoms with van der Waals surface area (Å²) in [5.74, 6) is 0.826. The predicted molar refractivity (Wildman–Crippen MR) is 281 cm³/mol. The number of rotatable bonds is 9. The molecule has 11 aromatic carbocycles. The Balaban J connectivity index is 1.11. The van der Waals surface area contributed by atoms with Crippen molar-refractivity contribution in [2.24, 2.45) is 0 Å². The van der Waals surface area contributed by atoms with Gasteiger partial charge in [-0.15, -0.1) is 0 Å². The topological polar surface area (TPSA) is 12.5 Å². The minimum Gasteiger partial charge on any atom is -0.496 e. The average molecular weight is 838 g/mol. The third kappa shape index (κ3) is 6.92. The highest BCUT2D eigenvalue weighted by Gasteiger charge is 2.27. The molecule has 0 amide bonds. The molecule has 0 bridgehead atoms. The number of methoxy groups -OCH3 is 1. The van der Waals surface area contributed by atoms with Crippen LogP contribution in [0.1, 0.15) is 0 Å². The van der Waals surface area contributed by atoms with E-state index >= 15 is 0 Å². The second kappa shape index (κ2) is 16.1. The van der Waals surface area contributed by atoms with Crippen LogP contribution in [0.5, 0.6) is 5.75 Å². The van der Waals surface area contributed by atoms with E-state index in [9.17, 15) is 0 Å². The van der Waals surface area contributed by atoms with Gasteiger partial charge in [-0.1, -0.05) is 211 Å². The summed E-state index contributed by atoms with van der Waals surface area (Å²) in [4.78, 5) is 2.36. The molecule has 0 unspecified atom stereocenters. The maximum Gasteiger partial charge on any atom is 0.242 e. The van der Waals surface area contributed by atoms with Crippen molar-refractivity contribution in [1.82, 2.24) is 0 Å². The number of anilines is 3. The largest absolute Gasteiger partial charge is 0.496 e. The van der Waals surface area contributed by atoms with Crippen molar-refractivity contribution in [3.05, 3.63) is 218 Å². The highest BCUT2D eigenvalue weighted by atomic mass is 28.3. The zero-order valence-electron chi connectivity index (χ0n) is 36.7. The van der Waals surface area contributed by atoms with Gasteiger partial charge in [0, 0.05) is 28.7 Å². The van der Waals surface area contributed by atoms with E-state index < -0.39 is 8.07 Å². The van der Waals surface area contributed by atoms with Crippen LogP contribution < -0.4 is 31.2 Å². The molecule has 0 spiro atoms. The van der Waals surface area contributed by atoms with Crippen LogP contribution >= 0.6 is 0 Å². The van der Waals surface area contributed by atoms with Gasteiger partial charge in [-0.05, 0) is 102 Å². The zero-order chi connectivity index (χ0) is 43.4. The third-order valence-corrected chi connectivity index (χ3v) is 15.3. The molecule has 0 saturated heterocycles. The van der Waals surface area contributed by atoms with Crippen LogP contribution in [0.15, 0.2) is 218 Å². The van der Waals surface area contributed by atoms with Gasteiger partial charge in [0.05, 0.1) is 15.2 Å². The lowest BCUT2D eigenvalue weighted by Crippen LogP contribution is -2.52. The minimum absolute atomic E-state index is 0.0185. The lowest BCUT2D eigenvalue weighted by molar-refractivity contribution is 0.416. The first-order valence-corrected chi connectivity index (χ1v) is 25.8. The van der Waals surface area contributed by atoms with Gasteiger partial charge in [0.2, 0.25) is 6.71 Å². The molecule has 0 aromatic heterocycles. The highest BCUT2D eigenvalue weighted by Crippen LogP contribution is 2.44. The summed E-state index contributed by atoms with van der Waals surface area (Å²) in [6.45, 7) is 7.22. The normalized spacial score (nSPS) is 11.8. The lowest BCUT2D eigenvalue weighted by Gasteiger charge is -2.28. The summed E-state index contributed by atoms with van der Waals surface area (Å²) in [6, 6.07) is 80.6. The number of nitrogens with zero attached hydrogens (tertiary/aromatic N) is 1. The molecule has 0 heterocycles. The Morgan fingerprint density at radius 2 is 0.938 bits per heavy atom. The first-order chi connectivity index (χ1) is 31.3. The maximum absolute atomic E-state index is 6.41. The van der Waals surface area contributed by atoms with Gasteiger partial charge in [0.15, 0.2) is 0 Å². The molecule has 0 aliphatic rings. The molecule has 0 fully saturated rings. The number of fused-ring (bicyclic) bond motifs is 7. The van der Waals surface area contributed by atoms with Crippen LogP contribution in [0.3, 0.4) is 0 Å². The van der Waals surface area contributed by atoms with E-state index in [0.717, 1.165) is 33.9 Å². The molecule has 11 aromatic rings. The minimum atomic E-state index is -1.49. The van der Waals surface area contributed by atoms with Crippen molar-refractivity contribution in [2.75, 3.05) is 12.0 Å². The number of hydrogen-bond acceptors (Lipinski definition) is 2. The molecule has 2 nitrogen and oxygen atoms in total. The fraction of sp³-hybridized carbons (Fsp3) is 0.0667. The van der Waals surface area contributed by atoms with Crippen LogP contribution in [-0.4, -0.2) is 21.9 Å². The van der Waals surface area contributed by atoms with Crippen LogP contribution in [0.2, 0.25) is 19.6 Å². The van der Waals surface area contributed by atoms with Gasteiger partial charge in [0.1, 0.15) is 5.75 Å². The molecule has 0 N–H and O–H groups in total. The third-order valence-electron chi connectivity index (χ3n) is 13.2. The standard InChI is InChI=1S/C60H48BNOSi/c1-63-60-38-47(62(45-31-34-48(35-32-45)64(2,3)4)46-30-29-41-17-8-9-19-43(41)37-46)33-36-54(60)55-39-56-52-26-14-15-27-53(52)59(40-57(56)51-25-13-12-24-50(51)55)61(44-21-6-5-7-22-44)58-28-16-20-42-18-10-11-23-49(42)58/h5-40H,1-4H3. The van der Waals surface area contributed by atoms with Crippen molar-refractivity contribution < 1.29 is 4.74 Å². The van der Waals surface area contributed by atoms with E-state index in [1.807, 2.05) is 0 Å². The van der Waals surface area contributed by atoms with E-state index in [1.54, 1.807) is 7.11 Å². The van der Waals surface area contributed by atoms with Gasteiger partial charge in [-0.3, -0.25) is 0 Å². The van der Waals surface area contributed by atoms with Crippen molar-refractivity contribution in [3.8, 4) is 16.9 Å². The fourth-order valence-electron chi connectivity index (χ4n) is 10.0. The first-order valence-electron chi connectivity index (χ1n) is 22.3. The summed E-state index contributed by atoms with van der Waals surface area (Å²) in [6.07, 6.45) is 0. The number of ether oxygens (including phenoxy) is 1. The molecule has 0 atom stereocenters. The zero-order valence-corrected chi connectivity index (χ0v) is 37.7. The van der Waals surface area contributed by atoms with Crippen molar-refractivity contribution in [3.63, 3.8) is 0 Å². The summed E-state index contributed by atoms with van der Waals surface area (Å²) < 4.78 is 6.41. The molecule has 306 valence electrons.